The zero-order valence-corrected chi connectivity index (χ0v) is 10.9. The first kappa shape index (κ1) is 13.8. The van der Waals surface area contributed by atoms with Crippen molar-refractivity contribution in [3.63, 3.8) is 0 Å². The molecule has 1 aromatic rings. The summed E-state index contributed by atoms with van der Waals surface area (Å²) in [5.74, 6) is -0.838. The van der Waals surface area contributed by atoms with Crippen molar-refractivity contribution < 1.29 is 14.3 Å². The van der Waals surface area contributed by atoms with Crippen molar-refractivity contribution in [2.45, 2.75) is 25.8 Å². The van der Waals surface area contributed by atoms with Crippen molar-refractivity contribution in [2.24, 2.45) is 5.92 Å². The summed E-state index contributed by atoms with van der Waals surface area (Å²) in [5.41, 5.74) is -0.0405. The maximum atomic E-state index is 13.5. The Labute approximate surface area is 112 Å². The molecule has 1 aliphatic rings. The van der Waals surface area contributed by atoms with Crippen molar-refractivity contribution in [3.8, 4) is 5.75 Å². The molecule has 1 aliphatic heterocycles. The number of aromatic hydroxyl groups is 1. The summed E-state index contributed by atoms with van der Waals surface area (Å²) in [6.45, 7) is 3.59. The molecule has 1 fully saturated rings. The van der Waals surface area contributed by atoms with Gasteiger partial charge in [-0.25, -0.2) is 4.39 Å². The van der Waals surface area contributed by atoms with E-state index in [-0.39, 0.29) is 17.4 Å². The average molecular weight is 266 g/mol. The number of benzene rings is 1. The van der Waals surface area contributed by atoms with Crippen LogP contribution in [0.25, 0.3) is 0 Å². The van der Waals surface area contributed by atoms with Gasteiger partial charge in [0.05, 0.1) is 5.56 Å². The van der Waals surface area contributed by atoms with Crippen LogP contribution in [0, 0.1) is 11.7 Å². The van der Waals surface area contributed by atoms with Crippen LogP contribution in [0.15, 0.2) is 18.2 Å². The summed E-state index contributed by atoms with van der Waals surface area (Å²) in [5, 5.41) is 15.2. The van der Waals surface area contributed by atoms with E-state index >= 15 is 0 Å². The average Bonchev–Trinajstić information content (AvgIpc) is 2.37. The van der Waals surface area contributed by atoms with Crippen LogP contribution in [0.3, 0.4) is 0 Å². The summed E-state index contributed by atoms with van der Waals surface area (Å²) in [6.07, 6.45) is 2.29. The zero-order valence-electron chi connectivity index (χ0n) is 10.9. The van der Waals surface area contributed by atoms with Crippen molar-refractivity contribution in [1.29, 1.82) is 0 Å². The fourth-order valence-electron chi connectivity index (χ4n) is 2.37. The fourth-order valence-corrected chi connectivity index (χ4v) is 2.37. The molecule has 1 amide bonds. The molecule has 0 saturated carbocycles. The van der Waals surface area contributed by atoms with Crippen LogP contribution in [0.1, 0.15) is 30.1 Å². The van der Waals surface area contributed by atoms with Gasteiger partial charge in [-0.1, -0.05) is 6.92 Å². The third-order valence-corrected chi connectivity index (χ3v) is 3.61. The van der Waals surface area contributed by atoms with Crippen LogP contribution >= 0.6 is 0 Å². The van der Waals surface area contributed by atoms with Gasteiger partial charge in [0.15, 0.2) is 0 Å². The predicted molar refractivity (Wildman–Crippen MR) is 70.6 cm³/mol. The lowest BCUT2D eigenvalue weighted by Gasteiger charge is -2.30. The van der Waals surface area contributed by atoms with Gasteiger partial charge < -0.3 is 15.7 Å². The number of phenols is 1. The highest BCUT2D eigenvalue weighted by molar-refractivity contribution is 5.94. The van der Waals surface area contributed by atoms with Crippen molar-refractivity contribution >= 4 is 5.91 Å². The molecular formula is C14H19FN2O2. The Morgan fingerprint density at radius 3 is 3.05 bits per heavy atom. The maximum Gasteiger partial charge on any atom is 0.254 e. The van der Waals surface area contributed by atoms with Crippen LogP contribution in [0.5, 0.6) is 5.75 Å². The van der Waals surface area contributed by atoms with Crippen LogP contribution in [-0.4, -0.2) is 30.1 Å². The normalized spacial score (nSPS) is 23.1. The summed E-state index contributed by atoms with van der Waals surface area (Å²) < 4.78 is 13.5. The number of carbonyl (C=O) groups excluding carboxylic acids is 1. The second-order valence-electron chi connectivity index (χ2n) is 5.05. The molecule has 0 aromatic heterocycles. The van der Waals surface area contributed by atoms with Crippen LogP contribution in [-0.2, 0) is 0 Å². The molecule has 1 saturated heterocycles. The Morgan fingerprint density at radius 1 is 1.58 bits per heavy atom. The van der Waals surface area contributed by atoms with Gasteiger partial charge in [-0.15, -0.1) is 0 Å². The molecule has 4 nitrogen and oxygen atoms in total. The topological polar surface area (TPSA) is 61.4 Å². The molecule has 104 valence electrons. The van der Waals surface area contributed by atoms with Gasteiger partial charge in [-0.2, -0.15) is 0 Å². The van der Waals surface area contributed by atoms with Gasteiger partial charge in [0.1, 0.15) is 11.6 Å². The minimum absolute atomic E-state index is 0.0405. The molecule has 2 unspecified atom stereocenters. The zero-order chi connectivity index (χ0) is 13.8. The smallest absolute Gasteiger partial charge is 0.254 e. The van der Waals surface area contributed by atoms with E-state index in [0.29, 0.717) is 12.5 Å². The minimum Gasteiger partial charge on any atom is -0.508 e. The summed E-state index contributed by atoms with van der Waals surface area (Å²) in [7, 11) is 0. The van der Waals surface area contributed by atoms with E-state index in [1.807, 2.05) is 0 Å². The third kappa shape index (κ3) is 3.44. The predicted octanol–water partition coefficient (Wildman–Crippen LogP) is 1.65. The maximum absolute atomic E-state index is 13.5. The van der Waals surface area contributed by atoms with E-state index in [0.717, 1.165) is 25.5 Å². The summed E-state index contributed by atoms with van der Waals surface area (Å²) in [6, 6.07) is 3.77. The molecule has 0 bridgehead atoms. The number of phenolic OH excluding ortho intramolecular Hbond substituents is 1. The van der Waals surface area contributed by atoms with Gasteiger partial charge in [-0.05, 0) is 37.4 Å². The number of hydrogen-bond acceptors (Lipinski definition) is 3. The van der Waals surface area contributed by atoms with Crippen molar-refractivity contribution in [3.05, 3.63) is 29.6 Å². The van der Waals surface area contributed by atoms with Gasteiger partial charge in [-0.3, -0.25) is 4.79 Å². The summed E-state index contributed by atoms with van der Waals surface area (Å²) >= 11 is 0. The Kier molecular flexibility index (Phi) is 4.37. The second-order valence-corrected chi connectivity index (χ2v) is 5.05. The van der Waals surface area contributed by atoms with Crippen LogP contribution in [0.4, 0.5) is 4.39 Å². The monoisotopic (exact) mass is 266 g/mol. The quantitative estimate of drug-likeness (QED) is 0.779. The molecule has 0 radical (unpaired) electrons. The van der Waals surface area contributed by atoms with E-state index in [4.69, 9.17) is 5.11 Å². The standard InChI is InChI=1S/C14H19FN2O2/c1-9-3-2-6-16-13(9)8-17-14(19)11-5-4-10(18)7-12(11)15/h4-5,7,9,13,16,18H,2-3,6,8H2,1H3,(H,17,19). The minimum atomic E-state index is -0.706. The molecule has 0 aliphatic carbocycles. The Balaban J connectivity index is 1.93. The number of nitrogens with one attached hydrogen (secondary N) is 2. The van der Waals surface area contributed by atoms with Crippen LogP contribution < -0.4 is 10.6 Å². The molecule has 1 heterocycles. The number of carbonyl (C=O) groups is 1. The molecule has 1 aromatic carbocycles. The van der Waals surface area contributed by atoms with E-state index < -0.39 is 11.7 Å². The SMILES string of the molecule is CC1CCCNC1CNC(=O)c1ccc(O)cc1F. The second kappa shape index (κ2) is 6.02. The summed E-state index contributed by atoms with van der Waals surface area (Å²) in [4.78, 5) is 11.9. The van der Waals surface area contributed by atoms with Gasteiger partial charge in [0.2, 0.25) is 0 Å². The highest BCUT2D eigenvalue weighted by atomic mass is 19.1. The molecule has 0 spiro atoms. The lowest BCUT2D eigenvalue weighted by Crippen LogP contribution is -2.47. The molecular weight excluding hydrogens is 247 g/mol. The van der Waals surface area contributed by atoms with Gasteiger partial charge in [0, 0.05) is 18.7 Å². The Hall–Kier alpha value is -1.62. The lowest BCUT2D eigenvalue weighted by atomic mass is 9.93. The number of amides is 1. The number of hydrogen-bond donors (Lipinski definition) is 3. The molecule has 5 heteroatoms. The van der Waals surface area contributed by atoms with E-state index in [1.165, 1.54) is 12.1 Å². The Morgan fingerprint density at radius 2 is 2.37 bits per heavy atom. The number of halogens is 1. The van der Waals surface area contributed by atoms with Crippen molar-refractivity contribution in [2.75, 3.05) is 13.1 Å². The van der Waals surface area contributed by atoms with E-state index in [2.05, 4.69) is 17.6 Å². The molecule has 19 heavy (non-hydrogen) atoms. The fraction of sp³-hybridized carbons (Fsp3) is 0.500. The third-order valence-electron chi connectivity index (χ3n) is 3.61. The van der Waals surface area contributed by atoms with E-state index in [9.17, 15) is 9.18 Å². The van der Waals surface area contributed by atoms with Crippen LogP contribution in [0.2, 0.25) is 0 Å². The molecule has 3 N–H and O–H groups in total. The lowest BCUT2D eigenvalue weighted by molar-refractivity contribution is 0.0939. The van der Waals surface area contributed by atoms with E-state index in [1.54, 1.807) is 0 Å². The molecule has 2 rings (SSSR count). The highest BCUT2D eigenvalue weighted by Crippen LogP contribution is 2.16. The van der Waals surface area contributed by atoms with Gasteiger partial charge in [0.25, 0.3) is 5.91 Å². The number of rotatable bonds is 3. The largest absolute Gasteiger partial charge is 0.508 e. The Bertz CT molecular complexity index is 465. The number of piperidine rings is 1. The molecule has 2 atom stereocenters. The first-order valence-corrected chi connectivity index (χ1v) is 6.58. The first-order valence-electron chi connectivity index (χ1n) is 6.58. The first-order chi connectivity index (χ1) is 9.08. The van der Waals surface area contributed by atoms with Crippen molar-refractivity contribution in [1.82, 2.24) is 10.6 Å². The van der Waals surface area contributed by atoms with Gasteiger partial charge >= 0.3 is 0 Å². The highest BCUT2D eigenvalue weighted by Gasteiger charge is 2.21.